The molecule has 0 saturated carbocycles. The molecule has 1 atom stereocenters. The van der Waals surface area contributed by atoms with Crippen LogP contribution in [0.4, 0.5) is 11.4 Å². The lowest BCUT2D eigenvalue weighted by molar-refractivity contribution is -0.384. The van der Waals surface area contributed by atoms with Gasteiger partial charge in [0.2, 0.25) is 0 Å². The van der Waals surface area contributed by atoms with Gasteiger partial charge in [0, 0.05) is 18.6 Å². The molecule has 1 amide bonds. The van der Waals surface area contributed by atoms with E-state index in [0.29, 0.717) is 6.42 Å². The molecule has 0 bridgehead atoms. The van der Waals surface area contributed by atoms with Gasteiger partial charge in [-0.15, -0.1) is 0 Å². The van der Waals surface area contributed by atoms with Gasteiger partial charge in [-0.1, -0.05) is 13.3 Å². The predicted octanol–water partition coefficient (Wildman–Crippen LogP) is 2.66. The van der Waals surface area contributed by atoms with Crippen LogP contribution in [0.1, 0.15) is 33.1 Å². The maximum atomic E-state index is 12.1. The summed E-state index contributed by atoms with van der Waals surface area (Å²) < 4.78 is 10.1. The van der Waals surface area contributed by atoms with Crippen molar-refractivity contribution in [3.63, 3.8) is 0 Å². The lowest BCUT2D eigenvalue weighted by Gasteiger charge is -2.15. The van der Waals surface area contributed by atoms with E-state index < -0.39 is 22.9 Å². The molecule has 0 aliphatic rings. The van der Waals surface area contributed by atoms with Gasteiger partial charge in [-0.05, 0) is 19.4 Å². The van der Waals surface area contributed by atoms with Crippen LogP contribution in [-0.4, -0.2) is 30.0 Å². The Morgan fingerprint density at radius 3 is 2.65 bits per heavy atom. The average molecular weight is 324 g/mol. The second-order valence-electron chi connectivity index (χ2n) is 4.87. The van der Waals surface area contributed by atoms with Gasteiger partial charge in [0.1, 0.15) is 5.75 Å². The summed E-state index contributed by atoms with van der Waals surface area (Å²) in [6.07, 6.45) is 0.768. The maximum Gasteiger partial charge on any atom is 0.306 e. The Hall–Kier alpha value is -2.64. The molecule has 0 unspecified atom stereocenters. The Morgan fingerprint density at radius 2 is 2.09 bits per heavy atom. The van der Waals surface area contributed by atoms with Crippen LogP contribution in [-0.2, 0) is 14.3 Å². The van der Waals surface area contributed by atoms with Crippen LogP contribution in [0.3, 0.4) is 0 Å². The molecule has 1 aromatic rings. The second-order valence-corrected chi connectivity index (χ2v) is 4.87. The number of nitro groups is 1. The van der Waals surface area contributed by atoms with E-state index in [2.05, 4.69) is 5.32 Å². The first-order valence-corrected chi connectivity index (χ1v) is 7.21. The highest BCUT2D eigenvalue weighted by molar-refractivity contribution is 5.96. The Labute approximate surface area is 133 Å². The lowest BCUT2D eigenvalue weighted by atomic mass is 10.2. The van der Waals surface area contributed by atoms with E-state index in [-0.39, 0.29) is 23.5 Å². The van der Waals surface area contributed by atoms with E-state index in [0.717, 1.165) is 6.42 Å². The Bertz CT molecular complexity index is 587. The van der Waals surface area contributed by atoms with Crippen molar-refractivity contribution in [2.45, 2.75) is 39.2 Å². The van der Waals surface area contributed by atoms with Crippen molar-refractivity contribution < 1.29 is 24.0 Å². The van der Waals surface area contributed by atoms with Gasteiger partial charge in [0.05, 0.1) is 17.7 Å². The summed E-state index contributed by atoms with van der Waals surface area (Å²) in [5.41, 5.74) is -0.0446. The topological polar surface area (TPSA) is 108 Å². The molecule has 0 heterocycles. The maximum absolute atomic E-state index is 12.1. The molecule has 8 nitrogen and oxygen atoms in total. The first-order valence-electron chi connectivity index (χ1n) is 7.21. The van der Waals surface area contributed by atoms with E-state index >= 15 is 0 Å². The Morgan fingerprint density at radius 1 is 1.39 bits per heavy atom. The number of nitro benzene ring substituents is 1. The van der Waals surface area contributed by atoms with E-state index in [1.165, 1.54) is 32.2 Å². The van der Waals surface area contributed by atoms with E-state index in [9.17, 15) is 19.7 Å². The van der Waals surface area contributed by atoms with Gasteiger partial charge in [0.15, 0.2) is 6.10 Å². The minimum absolute atomic E-state index is 0.142. The van der Waals surface area contributed by atoms with Crippen molar-refractivity contribution in [1.29, 1.82) is 0 Å². The monoisotopic (exact) mass is 324 g/mol. The molecular weight excluding hydrogens is 304 g/mol. The van der Waals surface area contributed by atoms with Crippen molar-refractivity contribution in [1.82, 2.24) is 0 Å². The molecule has 0 radical (unpaired) electrons. The summed E-state index contributed by atoms with van der Waals surface area (Å²) in [6.45, 7) is 3.38. The van der Waals surface area contributed by atoms with E-state index in [1.807, 2.05) is 6.92 Å². The number of methoxy groups -OCH3 is 1. The van der Waals surface area contributed by atoms with Crippen molar-refractivity contribution in [3.05, 3.63) is 28.3 Å². The standard InChI is InChI=1S/C15H20N2O6/c1-4-5-6-14(18)23-10(2)15(19)16-12-9-11(17(20)21)7-8-13(12)22-3/h7-10H,4-6H2,1-3H3,(H,16,19)/t10-/m1/s1. The van der Waals surface area contributed by atoms with Gasteiger partial charge in [-0.25, -0.2) is 0 Å². The zero-order valence-electron chi connectivity index (χ0n) is 13.3. The fourth-order valence-electron chi connectivity index (χ4n) is 1.77. The van der Waals surface area contributed by atoms with Crippen LogP contribution in [0.15, 0.2) is 18.2 Å². The van der Waals surface area contributed by atoms with Gasteiger partial charge < -0.3 is 14.8 Å². The highest BCUT2D eigenvalue weighted by atomic mass is 16.6. The quantitative estimate of drug-likeness (QED) is 0.447. The molecule has 1 rings (SSSR count). The molecule has 1 N–H and O–H groups in total. The molecule has 0 spiro atoms. The number of nitrogens with zero attached hydrogens (tertiary/aromatic N) is 1. The summed E-state index contributed by atoms with van der Waals surface area (Å²) >= 11 is 0. The second kappa shape index (κ2) is 8.72. The first kappa shape index (κ1) is 18.4. The van der Waals surface area contributed by atoms with Crippen LogP contribution < -0.4 is 10.1 Å². The number of unbranched alkanes of at least 4 members (excludes halogenated alkanes) is 1. The smallest absolute Gasteiger partial charge is 0.306 e. The lowest BCUT2D eigenvalue weighted by Crippen LogP contribution is -2.30. The van der Waals surface area contributed by atoms with Gasteiger partial charge in [-0.3, -0.25) is 19.7 Å². The molecule has 126 valence electrons. The third-order valence-electron chi connectivity index (χ3n) is 3.06. The molecular formula is C15H20N2O6. The highest BCUT2D eigenvalue weighted by Gasteiger charge is 2.20. The third-order valence-corrected chi connectivity index (χ3v) is 3.06. The number of rotatable bonds is 8. The van der Waals surface area contributed by atoms with Crippen LogP contribution in [0.5, 0.6) is 5.75 Å². The van der Waals surface area contributed by atoms with Crippen molar-refractivity contribution in [3.8, 4) is 5.75 Å². The van der Waals surface area contributed by atoms with Crippen molar-refractivity contribution in [2.24, 2.45) is 0 Å². The zero-order valence-corrected chi connectivity index (χ0v) is 13.3. The SMILES string of the molecule is CCCCC(=O)O[C@H](C)C(=O)Nc1cc([N+](=O)[O-])ccc1OC. The summed E-state index contributed by atoms with van der Waals surface area (Å²) in [4.78, 5) is 33.8. The molecule has 8 heteroatoms. The number of ether oxygens (including phenoxy) is 2. The zero-order chi connectivity index (χ0) is 17.4. The highest BCUT2D eigenvalue weighted by Crippen LogP contribution is 2.29. The van der Waals surface area contributed by atoms with Crippen LogP contribution in [0, 0.1) is 10.1 Å². The van der Waals surface area contributed by atoms with Crippen molar-refractivity contribution in [2.75, 3.05) is 12.4 Å². The summed E-state index contributed by atoms with van der Waals surface area (Å²) in [5.74, 6) is -0.775. The molecule has 0 saturated heterocycles. The van der Waals surface area contributed by atoms with Crippen LogP contribution >= 0.6 is 0 Å². The summed E-state index contributed by atoms with van der Waals surface area (Å²) in [7, 11) is 1.38. The molecule has 0 aliphatic heterocycles. The third kappa shape index (κ3) is 5.57. The minimum Gasteiger partial charge on any atom is -0.495 e. The fraction of sp³-hybridized carbons (Fsp3) is 0.467. The summed E-state index contributed by atoms with van der Waals surface area (Å²) in [6, 6.07) is 3.83. The first-order chi connectivity index (χ1) is 10.9. The number of carbonyl (C=O) groups excluding carboxylic acids is 2. The number of hydrogen-bond donors (Lipinski definition) is 1. The predicted molar refractivity (Wildman–Crippen MR) is 83.4 cm³/mol. The molecule has 0 fully saturated rings. The number of esters is 1. The van der Waals surface area contributed by atoms with Crippen LogP contribution in [0.25, 0.3) is 0 Å². The minimum atomic E-state index is -1.01. The molecule has 0 aromatic heterocycles. The summed E-state index contributed by atoms with van der Waals surface area (Å²) in [5, 5.41) is 13.3. The number of amides is 1. The molecule has 23 heavy (non-hydrogen) atoms. The van der Waals surface area contributed by atoms with Crippen LogP contribution in [0.2, 0.25) is 0 Å². The Kier molecular flexibility index (Phi) is 6.98. The number of non-ortho nitro benzene ring substituents is 1. The van der Waals surface area contributed by atoms with E-state index in [1.54, 1.807) is 0 Å². The van der Waals surface area contributed by atoms with Gasteiger partial charge in [0.25, 0.3) is 11.6 Å². The number of anilines is 1. The molecule has 1 aromatic carbocycles. The average Bonchev–Trinajstić information content (AvgIpc) is 2.52. The number of benzene rings is 1. The van der Waals surface area contributed by atoms with Gasteiger partial charge >= 0.3 is 5.97 Å². The number of hydrogen-bond acceptors (Lipinski definition) is 6. The van der Waals surface area contributed by atoms with Gasteiger partial charge in [-0.2, -0.15) is 0 Å². The number of nitrogens with one attached hydrogen (secondary N) is 1. The number of carbonyl (C=O) groups is 2. The fourth-order valence-corrected chi connectivity index (χ4v) is 1.77. The van der Waals surface area contributed by atoms with E-state index in [4.69, 9.17) is 9.47 Å². The van der Waals surface area contributed by atoms with Crippen molar-refractivity contribution >= 4 is 23.3 Å². The Balaban J connectivity index is 2.77. The molecule has 0 aliphatic carbocycles. The largest absolute Gasteiger partial charge is 0.495 e. The normalized spacial score (nSPS) is 11.4.